The average molecular weight is 336 g/mol. The van der Waals surface area contributed by atoms with Crippen LogP contribution in [0.3, 0.4) is 0 Å². The maximum Gasteiger partial charge on any atom is 0.292 e. The van der Waals surface area contributed by atoms with Crippen molar-refractivity contribution in [3.8, 4) is 22.4 Å². The Morgan fingerprint density at radius 3 is 2.62 bits per heavy atom. The third-order valence-electron chi connectivity index (χ3n) is 4.54. The highest BCUT2D eigenvalue weighted by molar-refractivity contribution is 5.85. The van der Waals surface area contributed by atoms with E-state index in [4.69, 9.17) is 0 Å². The van der Waals surface area contributed by atoms with Crippen molar-refractivity contribution in [2.45, 2.75) is 6.42 Å². The Morgan fingerprint density at radius 2 is 1.79 bits per heavy atom. The highest BCUT2D eigenvalue weighted by Gasteiger charge is 2.25. The predicted molar refractivity (Wildman–Crippen MR) is 96.7 cm³/mol. The summed E-state index contributed by atoms with van der Waals surface area (Å²) >= 11 is 0. The fraction of sp³-hybridized carbons (Fsp3) is 0.0526. The Morgan fingerprint density at radius 1 is 1.00 bits per heavy atom. The lowest BCUT2D eigenvalue weighted by Crippen LogP contribution is -2.13. The minimum absolute atomic E-state index is 0. The smallest absolute Gasteiger partial charge is 0.292 e. The molecular formula is C19H14ClN3O. The molecule has 0 amide bonds. The number of aromatic amines is 1. The minimum Gasteiger partial charge on any atom is -0.317 e. The SMILES string of the molecule is Cl.O=c1[nH]c2c(n3ccnc13)Cc1c(-c3ccccc3)cccc1-2. The Kier molecular flexibility index (Phi) is 3.28. The van der Waals surface area contributed by atoms with Crippen molar-refractivity contribution in [2.24, 2.45) is 0 Å². The molecule has 24 heavy (non-hydrogen) atoms. The van der Waals surface area contributed by atoms with Gasteiger partial charge < -0.3 is 4.98 Å². The summed E-state index contributed by atoms with van der Waals surface area (Å²) in [4.78, 5) is 19.4. The lowest BCUT2D eigenvalue weighted by molar-refractivity contribution is 1.00. The summed E-state index contributed by atoms with van der Waals surface area (Å²) in [6.45, 7) is 0. The standard InChI is InChI=1S/C19H13N3O.ClH/c23-19-18-20-9-10-22(18)16-11-15-13(12-5-2-1-3-6-12)7-4-8-14(15)17(16)21-19;/h1-10H,11H2,(H,21,23);1H. The number of imidazole rings is 1. The fourth-order valence-corrected chi connectivity index (χ4v) is 3.51. The molecule has 0 saturated carbocycles. The number of rotatable bonds is 1. The number of H-pyrrole nitrogens is 1. The molecule has 2 aromatic carbocycles. The molecule has 0 atom stereocenters. The van der Waals surface area contributed by atoms with Gasteiger partial charge in [-0.1, -0.05) is 48.5 Å². The van der Waals surface area contributed by atoms with Gasteiger partial charge in [-0.3, -0.25) is 9.20 Å². The molecule has 5 rings (SSSR count). The van der Waals surface area contributed by atoms with Crippen molar-refractivity contribution < 1.29 is 0 Å². The summed E-state index contributed by atoms with van der Waals surface area (Å²) in [6.07, 6.45) is 4.32. The van der Waals surface area contributed by atoms with Crippen LogP contribution in [0, 0.1) is 0 Å². The molecule has 0 radical (unpaired) electrons. The van der Waals surface area contributed by atoms with Gasteiger partial charge in [-0.25, -0.2) is 4.98 Å². The van der Waals surface area contributed by atoms with E-state index >= 15 is 0 Å². The van der Waals surface area contributed by atoms with E-state index in [0.717, 1.165) is 23.4 Å². The van der Waals surface area contributed by atoms with Crippen LogP contribution in [0.5, 0.6) is 0 Å². The van der Waals surface area contributed by atoms with E-state index in [1.165, 1.54) is 16.7 Å². The van der Waals surface area contributed by atoms with Gasteiger partial charge in [0.15, 0.2) is 0 Å². The number of nitrogens with zero attached hydrogens (tertiary/aromatic N) is 2. The first-order valence-corrected chi connectivity index (χ1v) is 7.59. The van der Waals surface area contributed by atoms with Gasteiger partial charge in [-0.2, -0.15) is 0 Å². The highest BCUT2D eigenvalue weighted by Crippen LogP contribution is 2.39. The van der Waals surface area contributed by atoms with Crippen LogP contribution in [0.15, 0.2) is 65.7 Å². The molecule has 118 valence electrons. The van der Waals surface area contributed by atoms with Crippen LogP contribution in [0.1, 0.15) is 11.3 Å². The summed E-state index contributed by atoms with van der Waals surface area (Å²) in [5.74, 6) is 0. The number of hydrogen-bond acceptors (Lipinski definition) is 2. The lowest BCUT2D eigenvalue weighted by atomic mass is 9.96. The second-order valence-electron chi connectivity index (χ2n) is 5.77. The second kappa shape index (κ2) is 5.35. The molecule has 0 unspecified atom stereocenters. The third-order valence-corrected chi connectivity index (χ3v) is 4.54. The Bertz CT molecular complexity index is 1110. The normalized spacial score (nSPS) is 11.8. The van der Waals surface area contributed by atoms with Gasteiger partial charge in [0.05, 0.1) is 11.4 Å². The summed E-state index contributed by atoms with van der Waals surface area (Å²) in [5, 5.41) is 0. The summed E-state index contributed by atoms with van der Waals surface area (Å²) in [5.41, 5.74) is 7.09. The number of benzene rings is 2. The molecule has 5 heteroatoms. The largest absolute Gasteiger partial charge is 0.317 e. The molecule has 4 nitrogen and oxygen atoms in total. The molecule has 0 saturated heterocycles. The maximum atomic E-state index is 12.2. The van der Waals surface area contributed by atoms with Crippen LogP contribution in [0.25, 0.3) is 28.0 Å². The second-order valence-corrected chi connectivity index (χ2v) is 5.77. The predicted octanol–water partition coefficient (Wildman–Crippen LogP) is 3.68. The molecule has 1 aliphatic rings. The number of halogens is 1. The zero-order chi connectivity index (χ0) is 15.4. The molecule has 2 aromatic heterocycles. The zero-order valence-corrected chi connectivity index (χ0v) is 13.5. The molecule has 0 fully saturated rings. The van der Waals surface area contributed by atoms with Crippen molar-refractivity contribution in [2.75, 3.05) is 0 Å². The molecule has 2 heterocycles. The van der Waals surface area contributed by atoms with E-state index in [1.807, 2.05) is 34.9 Å². The van der Waals surface area contributed by atoms with E-state index in [9.17, 15) is 4.79 Å². The fourth-order valence-electron chi connectivity index (χ4n) is 3.51. The van der Waals surface area contributed by atoms with Crippen LogP contribution in [-0.2, 0) is 6.42 Å². The zero-order valence-electron chi connectivity index (χ0n) is 12.7. The van der Waals surface area contributed by atoms with E-state index in [2.05, 4.69) is 34.2 Å². The molecule has 0 aliphatic heterocycles. The summed E-state index contributed by atoms with van der Waals surface area (Å²) < 4.78 is 1.91. The molecular weight excluding hydrogens is 322 g/mol. The monoisotopic (exact) mass is 335 g/mol. The highest BCUT2D eigenvalue weighted by atomic mass is 35.5. The van der Waals surface area contributed by atoms with Crippen molar-refractivity contribution >= 4 is 18.1 Å². The van der Waals surface area contributed by atoms with Crippen LogP contribution < -0.4 is 5.56 Å². The summed E-state index contributed by atoms with van der Waals surface area (Å²) in [7, 11) is 0. The first-order valence-electron chi connectivity index (χ1n) is 7.59. The third kappa shape index (κ3) is 1.93. The van der Waals surface area contributed by atoms with E-state index in [0.29, 0.717) is 5.65 Å². The van der Waals surface area contributed by atoms with Crippen molar-refractivity contribution in [1.29, 1.82) is 0 Å². The van der Waals surface area contributed by atoms with Gasteiger partial charge in [0, 0.05) is 24.4 Å². The van der Waals surface area contributed by atoms with Crippen molar-refractivity contribution in [3.63, 3.8) is 0 Å². The Balaban J connectivity index is 0.00000146. The maximum absolute atomic E-state index is 12.2. The number of nitrogens with one attached hydrogen (secondary N) is 1. The van der Waals surface area contributed by atoms with E-state index < -0.39 is 0 Å². The Hall–Kier alpha value is -2.85. The number of aromatic nitrogens is 3. The minimum atomic E-state index is -0.147. The van der Waals surface area contributed by atoms with Crippen LogP contribution in [0.2, 0.25) is 0 Å². The number of fused-ring (bicyclic) bond motifs is 5. The quantitative estimate of drug-likeness (QED) is 0.508. The average Bonchev–Trinajstić information content (AvgIpc) is 3.20. The number of hydrogen-bond donors (Lipinski definition) is 1. The lowest BCUT2D eigenvalue weighted by Gasteiger charge is -2.08. The Labute approximate surface area is 144 Å². The van der Waals surface area contributed by atoms with Gasteiger partial charge in [0.2, 0.25) is 5.65 Å². The molecule has 0 bridgehead atoms. The van der Waals surface area contributed by atoms with E-state index in [1.54, 1.807) is 6.20 Å². The first-order chi connectivity index (χ1) is 11.3. The van der Waals surface area contributed by atoms with Crippen LogP contribution in [0.4, 0.5) is 0 Å². The van der Waals surface area contributed by atoms with Crippen molar-refractivity contribution in [3.05, 3.63) is 82.5 Å². The van der Waals surface area contributed by atoms with Gasteiger partial charge in [-0.05, 0) is 16.7 Å². The van der Waals surface area contributed by atoms with Crippen molar-refractivity contribution in [1.82, 2.24) is 14.4 Å². The van der Waals surface area contributed by atoms with Gasteiger partial charge in [-0.15, -0.1) is 12.4 Å². The van der Waals surface area contributed by atoms with E-state index in [-0.39, 0.29) is 18.0 Å². The van der Waals surface area contributed by atoms with Gasteiger partial charge >= 0.3 is 0 Å². The summed E-state index contributed by atoms with van der Waals surface area (Å²) in [6, 6.07) is 16.6. The molecule has 4 aromatic rings. The first kappa shape index (κ1) is 14.7. The molecule has 1 aliphatic carbocycles. The van der Waals surface area contributed by atoms with Crippen LogP contribution in [-0.4, -0.2) is 14.4 Å². The van der Waals surface area contributed by atoms with Gasteiger partial charge in [0.25, 0.3) is 5.56 Å². The van der Waals surface area contributed by atoms with Crippen LogP contribution >= 0.6 is 12.4 Å². The molecule has 0 spiro atoms. The van der Waals surface area contributed by atoms with Gasteiger partial charge in [0.1, 0.15) is 0 Å². The topological polar surface area (TPSA) is 50.2 Å². The molecule has 1 N–H and O–H groups in total.